The lowest BCUT2D eigenvalue weighted by atomic mass is 10.1. The van der Waals surface area contributed by atoms with E-state index in [1.54, 1.807) is 6.92 Å². The van der Waals surface area contributed by atoms with Crippen LogP contribution in [0.4, 0.5) is 8.78 Å². The Hall–Kier alpha value is -1.01. The number of hydrogen-bond donors (Lipinski definition) is 1. The van der Waals surface area contributed by atoms with Crippen LogP contribution in [-0.2, 0) is 10.0 Å². The maximum Gasteiger partial charge on any atom is 0.212 e. The Bertz CT molecular complexity index is 488. The Morgan fingerprint density at radius 2 is 2.00 bits per heavy atom. The van der Waals surface area contributed by atoms with Crippen molar-refractivity contribution in [3.63, 3.8) is 0 Å². The molecule has 1 aromatic rings. The van der Waals surface area contributed by atoms with Gasteiger partial charge in [0.2, 0.25) is 10.0 Å². The molecule has 17 heavy (non-hydrogen) atoms. The summed E-state index contributed by atoms with van der Waals surface area (Å²) in [6.07, 6.45) is 0.480. The monoisotopic (exact) mass is 263 g/mol. The molecule has 0 saturated carbocycles. The maximum atomic E-state index is 13.4. The standard InChI is InChI=1S/C11H15F2NO2S/c1-3-6-17(15,16)14-8(2)10-5-4-9(12)7-11(10)13/h4-5,7-8,14H,3,6H2,1-2H3. The van der Waals surface area contributed by atoms with Crippen LogP contribution in [0.25, 0.3) is 0 Å². The molecule has 0 aliphatic carbocycles. The fourth-order valence-corrected chi connectivity index (χ4v) is 2.83. The molecule has 0 amide bonds. The highest BCUT2D eigenvalue weighted by Crippen LogP contribution is 2.18. The van der Waals surface area contributed by atoms with Gasteiger partial charge in [-0.15, -0.1) is 0 Å². The van der Waals surface area contributed by atoms with Crippen molar-refractivity contribution in [2.24, 2.45) is 0 Å². The van der Waals surface area contributed by atoms with Crippen molar-refractivity contribution >= 4 is 10.0 Å². The molecule has 96 valence electrons. The van der Waals surface area contributed by atoms with Crippen LogP contribution in [0.3, 0.4) is 0 Å². The predicted molar refractivity (Wildman–Crippen MR) is 62.0 cm³/mol. The summed E-state index contributed by atoms with van der Waals surface area (Å²) >= 11 is 0. The molecule has 0 aliphatic heterocycles. The highest BCUT2D eigenvalue weighted by molar-refractivity contribution is 7.89. The Kier molecular flexibility index (Phi) is 4.59. The molecule has 0 spiro atoms. The molecule has 3 nitrogen and oxygen atoms in total. The lowest BCUT2D eigenvalue weighted by molar-refractivity contribution is 0.539. The second-order valence-corrected chi connectivity index (χ2v) is 5.70. The zero-order valence-electron chi connectivity index (χ0n) is 9.70. The van der Waals surface area contributed by atoms with E-state index in [9.17, 15) is 17.2 Å². The van der Waals surface area contributed by atoms with E-state index in [1.807, 2.05) is 0 Å². The number of nitrogens with one attached hydrogen (secondary N) is 1. The van der Waals surface area contributed by atoms with Crippen molar-refractivity contribution in [2.45, 2.75) is 26.3 Å². The lowest BCUT2D eigenvalue weighted by Gasteiger charge is -2.14. The number of benzene rings is 1. The van der Waals surface area contributed by atoms with Gasteiger partial charge in [-0.1, -0.05) is 13.0 Å². The molecule has 1 aromatic carbocycles. The van der Waals surface area contributed by atoms with Crippen LogP contribution < -0.4 is 4.72 Å². The molecule has 0 bridgehead atoms. The Morgan fingerprint density at radius 1 is 1.35 bits per heavy atom. The van der Waals surface area contributed by atoms with Gasteiger partial charge in [0.05, 0.1) is 5.75 Å². The third-order valence-electron chi connectivity index (χ3n) is 2.26. The quantitative estimate of drug-likeness (QED) is 0.886. The van der Waals surface area contributed by atoms with Crippen LogP contribution >= 0.6 is 0 Å². The van der Waals surface area contributed by atoms with Gasteiger partial charge >= 0.3 is 0 Å². The van der Waals surface area contributed by atoms with Gasteiger partial charge in [-0.05, 0) is 19.4 Å². The first-order valence-corrected chi connectivity index (χ1v) is 6.96. The minimum Gasteiger partial charge on any atom is -0.212 e. The third-order valence-corrected chi connectivity index (χ3v) is 3.92. The fraction of sp³-hybridized carbons (Fsp3) is 0.455. The highest BCUT2D eigenvalue weighted by atomic mass is 32.2. The normalized spacial score (nSPS) is 13.6. The Labute approximate surface area is 99.9 Å². The smallest absolute Gasteiger partial charge is 0.212 e. The van der Waals surface area contributed by atoms with Crippen molar-refractivity contribution < 1.29 is 17.2 Å². The van der Waals surface area contributed by atoms with E-state index in [4.69, 9.17) is 0 Å². The molecule has 1 unspecified atom stereocenters. The van der Waals surface area contributed by atoms with Gasteiger partial charge in [0.15, 0.2) is 0 Å². The van der Waals surface area contributed by atoms with E-state index in [0.29, 0.717) is 6.42 Å². The Balaban J connectivity index is 2.87. The Morgan fingerprint density at radius 3 is 2.53 bits per heavy atom. The van der Waals surface area contributed by atoms with E-state index in [-0.39, 0.29) is 11.3 Å². The van der Waals surface area contributed by atoms with Gasteiger partial charge in [0.25, 0.3) is 0 Å². The zero-order valence-corrected chi connectivity index (χ0v) is 10.5. The van der Waals surface area contributed by atoms with E-state index < -0.39 is 27.7 Å². The highest BCUT2D eigenvalue weighted by Gasteiger charge is 2.17. The van der Waals surface area contributed by atoms with Gasteiger partial charge in [0.1, 0.15) is 11.6 Å². The van der Waals surface area contributed by atoms with Crippen LogP contribution in [0, 0.1) is 11.6 Å². The molecular weight excluding hydrogens is 248 g/mol. The second-order valence-electron chi connectivity index (χ2n) is 3.82. The summed E-state index contributed by atoms with van der Waals surface area (Å²) in [6.45, 7) is 3.26. The topological polar surface area (TPSA) is 46.2 Å². The molecule has 0 fully saturated rings. The number of rotatable bonds is 5. The van der Waals surface area contributed by atoms with E-state index >= 15 is 0 Å². The van der Waals surface area contributed by atoms with Gasteiger partial charge in [-0.25, -0.2) is 21.9 Å². The molecule has 0 saturated heterocycles. The number of hydrogen-bond acceptors (Lipinski definition) is 2. The summed E-state index contributed by atoms with van der Waals surface area (Å²) in [5, 5.41) is 0. The van der Waals surface area contributed by atoms with Crippen molar-refractivity contribution in [2.75, 3.05) is 5.75 Å². The minimum absolute atomic E-state index is 0.0137. The van der Waals surface area contributed by atoms with Crippen LogP contribution in [-0.4, -0.2) is 14.2 Å². The second kappa shape index (κ2) is 5.55. The van der Waals surface area contributed by atoms with E-state index in [0.717, 1.165) is 12.1 Å². The predicted octanol–water partition coefficient (Wildman–Crippen LogP) is 2.36. The molecule has 0 aromatic heterocycles. The van der Waals surface area contributed by atoms with Gasteiger partial charge < -0.3 is 0 Å². The van der Waals surface area contributed by atoms with Crippen molar-refractivity contribution in [3.05, 3.63) is 35.4 Å². The fourth-order valence-electron chi connectivity index (χ4n) is 1.51. The summed E-state index contributed by atoms with van der Waals surface area (Å²) in [4.78, 5) is 0. The summed E-state index contributed by atoms with van der Waals surface area (Å²) in [6, 6.07) is 2.36. The molecular formula is C11H15F2NO2S. The molecule has 1 atom stereocenters. The van der Waals surface area contributed by atoms with Gasteiger partial charge in [-0.3, -0.25) is 0 Å². The molecule has 0 aliphatic rings. The van der Waals surface area contributed by atoms with Gasteiger partial charge in [-0.2, -0.15) is 0 Å². The molecule has 6 heteroatoms. The minimum atomic E-state index is -3.42. The van der Waals surface area contributed by atoms with Crippen molar-refractivity contribution in [1.82, 2.24) is 4.72 Å². The molecule has 0 heterocycles. The SMILES string of the molecule is CCCS(=O)(=O)NC(C)c1ccc(F)cc1F. The molecule has 0 radical (unpaired) electrons. The van der Waals surface area contributed by atoms with Crippen molar-refractivity contribution in [1.29, 1.82) is 0 Å². The van der Waals surface area contributed by atoms with Crippen LogP contribution in [0.5, 0.6) is 0 Å². The summed E-state index contributed by atoms with van der Waals surface area (Å²) in [5.41, 5.74) is 0.131. The number of sulfonamides is 1. The third kappa shape index (κ3) is 4.05. The molecule has 1 N–H and O–H groups in total. The first kappa shape index (κ1) is 14.1. The maximum absolute atomic E-state index is 13.4. The average Bonchev–Trinajstić information content (AvgIpc) is 2.15. The molecule has 1 rings (SSSR count). The largest absolute Gasteiger partial charge is 0.212 e. The summed E-state index contributed by atoms with van der Waals surface area (Å²) in [7, 11) is -3.42. The van der Waals surface area contributed by atoms with Crippen LogP contribution in [0.2, 0.25) is 0 Å². The van der Waals surface area contributed by atoms with Crippen molar-refractivity contribution in [3.8, 4) is 0 Å². The summed E-state index contributed by atoms with van der Waals surface area (Å²) in [5.74, 6) is -1.45. The van der Waals surface area contributed by atoms with E-state index in [1.165, 1.54) is 13.0 Å². The first-order valence-electron chi connectivity index (χ1n) is 5.30. The van der Waals surface area contributed by atoms with Gasteiger partial charge in [0, 0.05) is 17.7 Å². The number of halogens is 2. The lowest BCUT2D eigenvalue weighted by Crippen LogP contribution is -2.29. The van der Waals surface area contributed by atoms with Crippen LogP contribution in [0.1, 0.15) is 31.9 Å². The zero-order chi connectivity index (χ0) is 13.1. The van der Waals surface area contributed by atoms with E-state index in [2.05, 4.69) is 4.72 Å². The summed E-state index contributed by atoms with van der Waals surface area (Å²) < 4.78 is 51.4. The first-order chi connectivity index (χ1) is 7.85. The van der Waals surface area contributed by atoms with Crippen LogP contribution in [0.15, 0.2) is 18.2 Å². The average molecular weight is 263 g/mol.